The molecule has 6 heteroatoms. The highest BCUT2D eigenvalue weighted by Crippen LogP contribution is 2.39. The van der Waals surface area contributed by atoms with Gasteiger partial charge in [0, 0.05) is 36.2 Å². The van der Waals surface area contributed by atoms with Gasteiger partial charge in [-0.1, -0.05) is 17.7 Å². The van der Waals surface area contributed by atoms with E-state index in [1.165, 1.54) is 16.8 Å². The summed E-state index contributed by atoms with van der Waals surface area (Å²) in [6.45, 7) is 5.87. The second-order valence-corrected chi connectivity index (χ2v) is 7.97. The minimum absolute atomic E-state index is 0.0791. The fourth-order valence-corrected chi connectivity index (χ4v) is 4.43. The molecule has 3 aromatic rings. The highest BCUT2D eigenvalue weighted by Gasteiger charge is 2.33. The predicted molar refractivity (Wildman–Crippen MR) is 125 cm³/mol. The Bertz CT molecular complexity index is 1080. The van der Waals surface area contributed by atoms with E-state index in [-0.39, 0.29) is 6.04 Å². The summed E-state index contributed by atoms with van der Waals surface area (Å²) in [5.41, 5.74) is 5.65. The molecule has 0 aliphatic carbocycles. The van der Waals surface area contributed by atoms with Gasteiger partial charge in [-0.15, -0.1) is 0 Å². The molecule has 0 fully saturated rings. The van der Waals surface area contributed by atoms with Crippen LogP contribution in [-0.2, 0) is 6.54 Å². The Balaban J connectivity index is 1.75. The summed E-state index contributed by atoms with van der Waals surface area (Å²) in [4.78, 5) is 2.24. The maximum Gasteiger partial charge on any atom is 0.174 e. The summed E-state index contributed by atoms with van der Waals surface area (Å²) in [6, 6.07) is 16.4. The Morgan fingerprint density at radius 3 is 2.60 bits per heavy atom. The van der Waals surface area contributed by atoms with Gasteiger partial charge < -0.3 is 24.3 Å². The molecule has 0 spiro atoms. The minimum Gasteiger partial charge on any atom is -0.497 e. The highest BCUT2D eigenvalue weighted by atomic mass is 32.1. The van der Waals surface area contributed by atoms with Gasteiger partial charge in [-0.2, -0.15) is 0 Å². The lowest BCUT2D eigenvalue weighted by Crippen LogP contribution is -2.44. The lowest BCUT2D eigenvalue weighted by Gasteiger charge is -2.39. The maximum absolute atomic E-state index is 5.90. The summed E-state index contributed by atoms with van der Waals surface area (Å²) in [5, 5.41) is 4.17. The van der Waals surface area contributed by atoms with E-state index in [0.717, 1.165) is 35.8 Å². The van der Waals surface area contributed by atoms with E-state index >= 15 is 0 Å². The molecule has 0 saturated heterocycles. The Kier molecular flexibility index (Phi) is 5.68. The first kappa shape index (κ1) is 20.3. The molecule has 2 aromatic carbocycles. The van der Waals surface area contributed by atoms with Crippen molar-refractivity contribution in [3.8, 4) is 11.5 Å². The number of rotatable bonds is 4. The van der Waals surface area contributed by atoms with Gasteiger partial charge in [-0.05, 0) is 68.0 Å². The largest absolute Gasteiger partial charge is 0.497 e. The molecule has 0 amide bonds. The Hall–Kier alpha value is -2.99. The van der Waals surface area contributed by atoms with Crippen molar-refractivity contribution in [1.29, 1.82) is 0 Å². The van der Waals surface area contributed by atoms with E-state index in [0.29, 0.717) is 5.11 Å². The molecular weight excluding hydrogens is 394 g/mol. The lowest BCUT2D eigenvalue weighted by atomic mass is 9.98. The number of hydrogen-bond acceptors (Lipinski definition) is 3. The van der Waals surface area contributed by atoms with Gasteiger partial charge >= 0.3 is 0 Å². The topological polar surface area (TPSA) is 38.7 Å². The highest BCUT2D eigenvalue weighted by molar-refractivity contribution is 7.80. The number of hydrogen-bond donors (Lipinski definition) is 1. The first-order valence-corrected chi connectivity index (χ1v) is 10.4. The number of nitrogens with zero attached hydrogens (tertiary/aromatic N) is 2. The Morgan fingerprint density at radius 2 is 1.87 bits per heavy atom. The number of benzene rings is 2. The molecule has 1 N–H and O–H groups in total. The van der Waals surface area contributed by atoms with E-state index in [9.17, 15) is 0 Å². The summed E-state index contributed by atoms with van der Waals surface area (Å²) < 4.78 is 13.5. The van der Waals surface area contributed by atoms with Crippen LogP contribution in [0.1, 0.15) is 28.4 Å². The normalized spacial score (nSPS) is 15.5. The number of aromatic nitrogens is 1. The van der Waals surface area contributed by atoms with Crippen LogP contribution in [0.3, 0.4) is 0 Å². The minimum atomic E-state index is -0.0791. The average molecular weight is 422 g/mol. The third kappa shape index (κ3) is 3.75. The molecule has 1 aromatic heterocycles. The summed E-state index contributed by atoms with van der Waals surface area (Å²) in [5.74, 6) is 1.61. The molecule has 0 radical (unpaired) electrons. The van der Waals surface area contributed by atoms with Gasteiger partial charge in [0.1, 0.15) is 17.5 Å². The van der Waals surface area contributed by atoms with Gasteiger partial charge in [0.15, 0.2) is 5.11 Å². The molecule has 1 aliphatic rings. The van der Waals surface area contributed by atoms with E-state index in [4.69, 9.17) is 21.7 Å². The van der Waals surface area contributed by atoms with Crippen LogP contribution >= 0.6 is 12.2 Å². The van der Waals surface area contributed by atoms with Crippen molar-refractivity contribution in [3.63, 3.8) is 0 Å². The smallest absolute Gasteiger partial charge is 0.174 e. The standard InChI is InChI=1S/C24H27N3O2S/c1-16-7-9-20(17(2)14-16)25-24(30)27-13-12-26-11-5-6-21(26)23(27)19-15-18(28-3)8-10-22(19)29-4/h5-11,14-15,23H,12-13H2,1-4H3,(H,25,30)/t23-/m0/s1. The van der Waals surface area contributed by atoms with E-state index in [1.807, 2.05) is 18.2 Å². The maximum atomic E-state index is 5.90. The van der Waals surface area contributed by atoms with E-state index in [2.05, 4.69) is 65.2 Å². The van der Waals surface area contributed by atoms with Crippen molar-refractivity contribution in [1.82, 2.24) is 9.47 Å². The SMILES string of the molecule is COc1ccc(OC)c([C@H]2c3cccn3CCN2C(=S)Nc2ccc(C)cc2C)c1. The van der Waals surface area contributed by atoms with E-state index in [1.54, 1.807) is 14.2 Å². The van der Waals surface area contributed by atoms with Crippen LogP contribution in [0, 0.1) is 13.8 Å². The van der Waals surface area contributed by atoms with Crippen LogP contribution in [0.15, 0.2) is 54.7 Å². The van der Waals surface area contributed by atoms with Crippen molar-refractivity contribution in [2.45, 2.75) is 26.4 Å². The number of anilines is 1. The van der Waals surface area contributed by atoms with Crippen molar-refractivity contribution < 1.29 is 9.47 Å². The van der Waals surface area contributed by atoms with E-state index < -0.39 is 0 Å². The quantitative estimate of drug-likeness (QED) is 0.605. The first-order valence-electron chi connectivity index (χ1n) is 10.0. The first-order chi connectivity index (χ1) is 14.5. The molecular formula is C24H27N3O2S. The van der Waals surface area contributed by atoms with Crippen LogP contribution in [0.2, 0.25) is 0 Å². The molecule has 1 aliphatic heterocycles. The zero-order chi connectivity index (χ0) is 21.3. The van der Waals surface area contributed by atoms with Crippen LogP contribution in [0.5, 0.6) is 11.5 Å². The Labute approximate surface area is 183 Å². The molecule has 0 saturated carbocycles. The van der Waals surface area contributed by atoms with Gasteiger partial charge in [0.25, 0.3) is 0 Å². The number of aryl methyl sites for hydroxylation is 2. The van der Waals surface area contributed by atoms with Crippen molar-refractivity contribution in [2.24, 2.45) is 0 Å². The average Bonchev–Trinajstić information content (AvgIpc) is 3.23. The zero-order valence-corrected chi connectivity index (χ0v) is 18.6. The fraction of sp³-hybridized carbons (Fsp3) is 0.292. The van der Waals surface area contributed by atoms with Gasteiger partial charge in [0.2, 0.25) is 0 Å². The second kappa shape index (κ2) is 8.40. The molecule has 30 heavy (non-hydrogen) atoms. The zero-order valence-electron chi connectivity index (χ0n) is 17.8. The van der Waals surface area contributed by atoms with Crippen LogP contribution in [0.25, 0.3) is 0 Å². The fourth-order valence-electron chi connectivity index (χ4n) is 4.12. The van der Waals surface area contributed by atoms with Crippen molar-refractivity contribution in [2.75, 3.05) is 26.1 Å². The van der Waals surface area contributed by atoms with Crippen molar-refractivity contribution in [3.05, 3.63) is 77.1 Å². The summed E-state index contributed by atoms with van der Waals surface area (Å²) in [6.07, 6.45) is 2.12. The van der Waals surface area contributed by atoms with Gasteiger partial charge in [0.05, 0.1) is 14.2 Å². The predicted octanol–water partition coefficient (Wildman–Crippen LogP) is 4.92. The number of methoxy groups -OCH3 is 2. The number of nitrogens with one attached hydrogen (secondary N) is 1. The summed E-state index contributed by atoms with van der Waals surface area (Å²) >= 11 is 5.90. The van der Waals surface area contributed by atoms with Gasteiger partial charge in [-0.25, -0.2) is 0 Å². The second-order valence-electron chi connectivity index (χ2n) is 7.58. The van der Waals surface area contributed by atoms with Crippen molar-refractivity contribution >= 4 is 23.0 Å². The molecule has 0 unspecified atom stereocenters. The van der Waals surface area contributed by atoms with Crippen LogP contribution < -0.4 is 14.8 Å². The van der Waals surface area contributed by atoms with Gasteiger partial charge in [-0.3, -0.25) is 0 Å². The number of thiocarbonyl (C=S) groups is 1. The molecule has 156 valence electrons. The molecule has 2 heterocycles. The molecule has 5 nitrogen and oxygen atoms in total. The molecule has 0 bridgehead atoms. The molecule has 1 atom stereocenters. The van der Waals surface area contributed by atoms with Crippen LogP contribution in [-0.4, -0.2) is 35.3 Å². The lowest BCUT2D eigenvalue weighted by molar-refractivity contribution is 0.284. The third-order valence-corrected chi connectivity index (χ3v) is 5.99. The monoisotopic (exact) mass is 421 g/mol. The van der Waals surface area contributed by atoms with Crippen LogP contribution in [0.4, 0.5) is 5.69 Å². The molecule has 4 rings (SSSR count). The summed E-state index contributed by atoms with van der Waals surface area (Å²) in [7, 11) is 3.38. The number of fused-ring (bicyclic) bond motifs is 1. The number of ether oxygens (including phenoxy) is 2. The third-order valence-electron chi connectivity index (χ3n) is 5.65. The Morgan fingerprint density at radius 1 is 1.03 bits per heavy atom.